The molecule has 0 amide bonds. The second kappa shape index (κ2) is 8.64. The van der Waals surface area contributed by atoms with Crippen molar-refractivity contribution < 1.29 is 23.5 Å². The first-order valence-corrected chi connectivity index (χ1v) is 11.8. The van der Waals surface area contributed by atoms with Crippen molar-refractivity contribution in [2.45, 2.75) is 83.9 Å². The summed E-state index contributed by atoms with van der Waals surface area (Å²) in [5.41, 5.74) is 0.874. The van der Waals surface area contributed by atoms with E-state index in [-0.39, 0.29) is 35.2 Å². The first-order chi connectivity index (χ1) is 11.4. The maximum Gasteiger partial charge on any atom is 0.302 e. The molecule has 0 aromatic carbocycles. The lowest BCUT2D eigenvalue weighted by Crippen LogP contribution is -2.57. The van der Waals surface area contributed by atoms with Gasteiger partial charge in [-0.1, -0.05) is 25.9 Å². The maximum atomic E-state index is 11.6. The number of carbonyl (C=O) groups is 1. The molecule has 0 saturated heterocycles. The zero-order valence-corrected chi connectivity index (χ0v) is 18.2. The Morgan fingerprint density at radius 3 is 2.12 bits per heavy atom. The monoisotopic (exact) mass is 373 g/mol. The van der Waals surface area contributed by atoms with Crippen molar-refractivity contribution in [3.63, 3.8) is 0 Å². The Kier molecular flexibility index (Phi) is 7.65. The minimum absolute atomic E-state index is 0.0503. The number of hydrogen-bond acceptors (Lipinski definition) is 6. The first kappa shape index (κ1) is 22.1. The van der Waals surface area contributed by atoms with Gasteiger partial charge in [0.25, 0.3) is 0 Å². The van der Waals surface area contributed by atoms with Gasteiger partial charge in [-0.25, -0.2) is 0 Å². The average Bonchev–Trinajstić information content (AvgIpc) is 2.46. The molecule has 1 aliphatic rings. The molecule has 0 aromatic rings. The summed E-state index contributed by atoms with van der Waals surface area (Å²) in [5.74, 6) is -0.212. The Hall–Kier alpha value is -0.923. The summed E-state index contributed by atoms with van der Waals surface area (Å²) in [6, 6.07) is 0. The van der Waals surface area contributed by atoms with E-state index in [2.05, 4.69) is 39.0 Å². The third-order valence-electron chi connectivity index (χ3n) is 5.45. The smallest absolute Gasteiger partial charge is 0.302 e. The molecule has 146 valence electrons. The molecule has 0 heterocycles. The van der Waals surface area contributed by atoms with Crippen LogP contribution in [-0.4, -0.2) is 52.5 Å². The van der Waals surface area contributed by atoms with Crippen molar-refractivity contribution in [1.82, 2.24) is 0 Å². The predicted octanol–water partition coefficient (Wildman–Crippen LogP) is 3.76. The Morgan fingerprint density at radius 1 is 1.08 bits per heavy atom. The molecule has 0 radical (unpaired) electrons. The van der Waals surface area contributed by atoms with Crippen LogP contribution in [0.5, 0.6) is 0 Å². The summed E-state index contributed by atoms with van der Waals surface area (Å²) >= 11 is 0. The number of esters is 1. The van der Waals surface area contributed by atoms with Gasteiger partial charge in [-0.3, -0.25) is 4.79 Å². The molecule has 0 unspecified atom stereocenters. The zero-order valence-electron chi connectivity index (χ0n) is 17.2. The summed E-state index contributed by atoms with van der Waals surface area (Å²) < 4.78 is 18.1. The van der Waals surface area contributed by atoms with Crippen molar-refractivity contribution >= 4 is 20.0 Å². The number of carbonyl (C=O) groups excluding carboxylic acids is 1. The van der Waals surface area contributed by atoms with Gasteiger partial charge < -0.3 is 18.7 Å². The lowest BCUT2D eigenvalue weighted by atomic mass is 9.80. The molecule has 1 rings (SSSR count). The number of methoxy groups -OCH3 is 1. The second-order valence-electron chi connectivity index (χ2n) is 8.29. The fourth-order valence-corrected chi connectivity index (χ4v) is 4.39. The average molecular weight is 374 g/mol. The highest BCUT2D eigenvalue weighted by Crippen LogP contribution is 2.41. The normalized spacial score (nSPS) is 28.6. The first-order valence-electron chi connectivity index (χ1n) is 8.90. The number of rotatable bonds is 6. The highest BCUT2D eigenvalue weighted by atomic mass is 28.4. The molecular formula is C18H35NO5Si. The standard InChI is InChI=1S/C18H35NO5Si/c1-12(19-22-7)14-10-11-15(23-13(2)20)17(16(14)21-6)24-25(8,9)18(3,4)5/h14-17H,10-11H2,1-9H3/b19-12-/t14-,15+,16-,17-/m1/s1. The van der Waals surface area contributed by atoms with Crippen LogP contribution in [0.2, 0.25) is 18.1 Å². The number of oxime groups is 1. The molecule has 1 fully saturated rings. The highest BCUT2D eigenvalue weighted by molar-refractivity contribution is 6.74. The fourth-order valence-electron chi connectivity index (χ4n) is 3.07. The van der Waals surface area contributed by atoms with Crippen LogP contribution in [0.3, 0.4) is 0 Å². The van der Waals surface area contributed by atoms with E-state index in [0.717, 1.165) is 18.6 Å². The third-order valence-corrected chi connectivity index (χ3v) is 9.92. The van der Waals surface area contributed by atoms with Gasteiger partial charge in [0.05, 0.1) is 11.8 Å². The van der Waals surface area contributed by atoms with Gasteiger partial charge in [0.2, 0.25) is 0 Å². The van der Waals surface area contributed by atoms with Gasteiger partial charge in [0, 0.05) is 20.0 Å². The minimum atomic E-state index is -2.07. The third kappa shape index (κ3) is 5.52. The van der Waals surface area contributed by atoms with Crippen LogP contribution in [0.1, 0.15) is 47.5 Å². The van der Waals surface area contributed by atoms with Crippen LogP contribution >= 0.6 is 0 Å². The van der Waals surface area contributed by atoms with Crippen LogP contribution in [-0.2, 0) is 23.5 Å². The van der Waals surface area contributed by atoms with Crippen LogP contribution in [0.25, 0.3) is 0 Å². The Bertz CT molecular complexity index is 486. The number of ether oxygens (including phenoxy) is 2. The van der Waals surface area contributed by atoms with E-state index in [0.29, 0.717) is 0 Å². The van der Waals surface area contributed by atoms with Gasteiger partial charge >= 0.3 is 5.97 Å². The fraction of sp³-hybridized carbons (Fsp3) is 0.889. The molecule has 6 nitrogen and oxygen atoms in total. The largest absolute Gasteiger partial charge is 0.460 e. The van der Waals surface area contributed by atoms with Gasteiger partial charge in [-0.15, -0.1) is 0 Å². The van der Waals surface area contributed by atoms with Crippen molar-refractivity contribution in [2.24, 2.45) is 11.1 Å². The minimum Gasteiger partial charge on any atom is -0.460 e. The highest BCUT2D eigenvalue weighted by Gasteiger charge is 2.48. The molecule has 0 aromatic heterocycles. The quantitative estimate of drug-likeness (QED) is 0.307. The van der Waals surface area contributed by atoms with E-state index >= 15 is 0 Å². The topological polar surface area (TPSA) is 66.4 Å². The van der Waals surface area contributed by atoms with E-state index < -0.39 is 8.32 Å². The van der Waals surface area contributed by atoms with E-state index in [1.54, 1.807) is 14.2 Å². The van der Waals surface area contributed by atoms with Crippen molar-refractivity contribution in [3.05, 3.63) is 0 Å². The maximum absolute atomic E-state index is 11.6. The lowest BCUT2D eigenvalue weighted by molar-refractivity contribution is -0.165. The lowest BCUT2D eigenvalue weighted by Gasteiger charge is -2.47. The number of nitrogens with zero attached hydrogens (tertiary/aromatic N) is 1. The summed E-state index contributed by atoms with van der Waals surface area (Å²) in [5, 5.41) is 4.15. The van der Waals surface area contributed by atoms with E-state index in [4.69, 9.17) is 18.7 Å². The zero-order chi connectivity index (χ0) is 19.4. The summed E-state index contributed by atoms with van der Waals surface area (Å²) in [6.07, 6.45) is 0.691. The predicted molar refractivity (Wildman–Crippen MR) is 101 cm³/mol. The van der Waals surface area contributed by atoms with E-state index in [9.17, 15) is 4.79 Å². The van der Waals surface area contributed by atoms with E-state index in [1.807, 2.05) is 6.92 Å². The molecule has 7 heteroatoms. The molecule has 0 N–H and O–H groups in total. The van der Waals surface area contributed by atoms with Crippen molar-refractivity contribution in [1.29, 1.82) is 0 Å². The SMILES string of the molecule is CO/N=C(/C)[C@H]1CC[C@H](OC(C)=O)[C@@H](O[Si](C)(C)C(C)(C)C)[C@@H]1OC. The van der Waals surface area contributed by atoms with Gasteiger partial charge in [0.1, 0.15) is 19.3 Å². The molecular weight excluding hydrogens is 338 g/mol. The number of hydrogen-bond donors (Lipinski definition) is 0. The molecule has 0 aliphatic heterocycles. The molecule has 25 heavy (non-hydrogen) atoms. The second-order valence-corrected chi connectivity index (χ2v) is 13.0. The van der Waals surface area contributed by atoms with Gasteiger partial charge in [-0.2, -0.15) is 0 Å². The summed E-state index contributed by atoms with van der Waals surface area (Å²) in [7, 11) is 1.15. The van der Waals surface area contributed by atoms with E-state index in [1.165, 1.54) is 6.92 Å². The Labute approximate surface area is 153 Å². The summed E-state index contributed by atoms with van der Waals surface area (Å²) in [4.78, 5) is 16.5. The van der Waals surface area contributed by atoms with Crippen LogP contribution in [0, 0.1) is 5.92 Å². The Balaban J connectivity index is 3.18. The van der Waals surface area contributed by atoms with Crippen molar-refractivity contribution in [2.75, 3.05) is 14.2 Å². The van der Waals surface area contributed by atoms with Crippen LogP contribution < -0.4 is 0 Å². The summed E-state index contributed by atoms with van der Waals surface area (Å²) in [6.45, 7) is 14.4. The molecule has 4 atom stereocenters. The molecule has 0 bridgehead atoms. The Morgan fingerprint density at radius 2 is 1.68 bits per heavy atom. The molecule has 1 aliphatic carbocycles. The van der Waals surface area contributed by atoms with Crippen LogP contribution in [0.4, 0.5) is 0 Å². The van der Waals surface area contributed by atoms with Crippen LogP contribution in [0.15, 0.2) is 5.16 Å². The molecule has 0 spiro atoms. The van der Waals surface area contributed by atoms with Gasteiger partial charge in [0.15, 0.2) is 8.32 Å². The van der Waals surface area contributed by atoms with Gasteiger partial charge in [-0.05, 0) is 37.9 Å². The molecule has 1 saturated carbocycles. The van der Waals surface area contributed by atoms with Crippen molar-refractivity contribution in [3.8, 4) is 0 Å².